The van der Waals surface area contributed by atoms with Crippen LogP contribution in [0, 0.1) is 6.92 Å². The summed E-state index contributed by atoms with van der Waals surface area (Å²) in [6, 6.07) is 14.9. The van der Waals surface area contributed by atoms with Crippen molar-refractivity contribution in [3.05, 3.63) is 119 Å². The maximum atomic E-state index is 6.36. The number of likely N-dealkylation sites (N-methyl/N-ethyl adjacent to an activating group) is 1. The SMILES string of the molecule is C=C=C(C)c1cc(C=NC2CC(N3CCN(C)CC3)=CC=C2N)ccc1C(=C)/C=C(\C)c1cccc(C)c1. The molecule has 4 rings (SSSR count). The number of rotatable bonds is 7. The molecule has 1 unspecified atom stereocenters. The van der Waals surface area contributed by atoms with Crippen LogP contribution in [-0.4, -0.2) is 55.3 Å². The molecule has 0 bridgehead atoms. The van der Waals surface area contributed by atoms with Crippen molar-refractivity contribution in [3.63, 3.8) is 0 Å². The number of aliphatic imine (C=N–C) groups is 1. The number of piperazine rings is 1. The van der Waals surface area contributed by atoms with Gasteiger partial charge < -0.3 is 15.5 Å². The monoisotopic (exact) mass is 504 g/mol. The largest absolute Gasteiger partial charge is 0.400 e. The molecule has 2 aromatic rings. The van der Waals surface area contributed by atoms with E-state index in [9.17, 15) is 0 Å². The zero-order valence-corrected chi connectivity index (χ0v) is 23.3. The van der Waals surface area contributed by atoms with Gasteiger partial charge in [-0.25, -0.2) is 0 Å². The zero-order chi connectivity index (χ0) is 27.2. The predicted octanol–water partition coefficient (Wildman–Crippen LogP) is 6.47. The molecule has 0 aromatic heterocycles. The Morgan fingerprint density at radius 1 is 1.05 bits per heavy atom. The number of aryl methyl sites for hydroxylation is 1. The van der Waals surface area contributed by atoms with E-state index in [4.69, 9.17) is 10.7 Å². The molecule has 0 spiro atoms. The number of benzene rings is 2. The number of hydrogen-bond acceptors (Lipinski definition) is 4. The van der Waals surface area contributed by atoms with Crippen LogP contribution in [0.15, 0.2) is 96.0 Å². The second kappa shape index (κ2) is 12.1. The summed E-state index contributed by atoms with van der Waals surface area (Å²) in [5, 5.41) is 0. The minimum Gasteiger partial charge on any atom is -0.400 e. The molecule has 1 fully saturated rings. The lowest BCUT2D eigenvalue weighted by Crippen LogP contribution is -2.44. The van der Waals surface area contributed by atoms with E-state index >= 15 is 0 Å². The first-order valence-electron chi connectivity index (χ1n) is 13.3. The van der Waals surface area contributed by atoms with Crippen LogP contribution in [0.1, 0.15) is 48.1 Å². The van der Waals surface area contributed by atoms with Crippen LogP contribution in [0.3, 0.4) is 0 Å². The first-order valence-corrected chi connectivity index (χ1v) is 13.3. The van der Waals surface area contributed by atoms with Gasteiger partial charge in [0.05, 0.1) is 6.04 Å². The van der Waals surface area contributed by atoms with Crippen molar-refractivity contribution < 1.29 is 0 Å². The highest BCUT2D eigenvalue weighted by Gasteiger charge is 2.22. The second-order valence-electron chi connectivity index (χ2n) is 10.4. The van der Waals surface area contributed by atoms with E-state index in [2.05, 4.69) is 104 Å². The highest BCUT2D eigenvalue weighted by atomic mass is 15.3. The first-order chi connectivity index (χ1) is 18.2. The first kappa shape index (κ1) is 27.2. The van der Waals surface area contributed by atoms with Gasteiger partial charge in [-0.2, -0.15) is 0 Å². The van der Waals surface area contributed by atoms with E-state index < -0.39 is 0 Å². The van der Waals surface area contributed by atoms with Crippen molar-refractivity contribution in [3.8, 4) is 0 Å². The summed E-state index contributed by atoms with van der Waals surface area (Å²) in [4.78, 5) is 9.75. The van der Waals surface area contributed by atoms with Crippen LogP contribution < -0.4 is 5.73 Å². The molecule has 0 radical (unpaired) electrons. The number of nitrogens with zero attached hydrogens (tertiary/aromatic N) is 3. The summed E-state index contributed by atoms with van der Waals surface area (Å²) in [7, 11) is 2.18. The third-order valence-corrected chi connectivity index (χ3v) is 7.49. The van der Waals surface area contributed by atoms with Crippen LogP contribution in [0.5, 0.6) is 0 Å². The third-order valence-electron chi connectivity index (χ3n) is 7.49. The van der Waals surface area contributed by atoms with Crippen molar-refractivity contribution >= 4 is 22.9 Å². The van der Waals surface area contributed by atoms with E-state index in [0.717, 1.165) is 66.1 Å². The van der Waals surface area contributed by atoms with Gasteiger partial charge in [-0.15, -0.1) is 5.73 Å². The van der Waals surface area contributed by atoms with Crippen LogP contribution in [0.4, 0.5) is 0 Å². The van der Waals surface area contributed by atoms with E-state index in [-0.39, 0.29) is 6.04 Å². The van der Waals surface area contributed by atoms with E-state index in [1.54, 1.807) is 0 Å². The van der Waals surface area contributed by atoms with E-state index in [1.165, 1.54) is 22.4 Å². The predicted molar refractivity (Wildman–Crippen MR) is 164 cm³/mol. The van der Waals surface area contributed by atoms with Gasteiger partial charge in [0.25, 0.3) is 0 Å². The molecule has 1 aliphatic heterocycles. The molecule has 4 heteroatoms. The molecule has 2 aliphatic rings. The molecule has 38 heavy (non-hydrogen) atoms. The second-order valence-corrected chi connectivity index (χ2v) is 10.4. The molecule has 1 aliphatic carbocycles. The number of allylic oxidation sites excluding steroid dienone is 6. The van der Waals surface area contributed by atoms with Gasteiger partial charge in [0.1, 0.15) is 0 Å². The molecular weight excluding hydrogens is 464 g/mol. The molecule has 0 amide bonds. The lowest BCUT2D eigenvalue weighted by Gasteiger charge is -2.37. The van der Waals surface area contributed by atoms with E-state index in [1.807, 2.05) is 19.2 Å². The normalized spacial score (nSPS) is 18.7. The molecule has 1 heterocycles. The molecule has 0 saturated carbocycles. The topological polar surface area (TPSA) is 44.9 Å². The summed E-state index contributed by atoms with van der Waals surface area (Å²) in [5.41, 5.74) is 20.3. The molecule has 4 nitrogen and oxygen atoms in total. The molecule has 2 aromatic carbocycles. The van der Waals surface area contributed by atoms with Gasteiger partial charge in [-0.05, 0) is 85.0 Å². The van der Waals surface area contributed by atoms with Crippen molar-refractivity contribution in [1.82, 2.24) is 9.80 Å². The zero-order valence-electron chi connectivity index (χ0n) is 23.3. The Labute approximate surface area is 228 Å². The van der Waals surface area contributed by atoms with Crippen LogP contribution in [0.2, 0.25) is 0 Å². The van der Waals surface area contributed by atoms with Crippen molar-refractivity contribution in [2.75, 3.05) is 33.2 Å². The Morgan fingerprint density at radius 3 is 2.53 bits per heavy atom. The third kappa shape index (κ3) is 6.52. The average molecular weight is 505 g/mol. The fourth-order valence-corrected chi connectivity index (χ4v) is 4.97. The fourth-order valence-electron chi connectivity index (χ4n) is 4.97. The van der Waals surface area contributed by atoms with Gasteiger partial charge in [0.15, 0.2) is 0 Å². The van der Waals surface area contributed by atoms with Crippen molar-refractivity contribution in [1.29, 1.82) is 0 Å². The van der Waals surface area contributed by atoms with Gasteiger partial charge in [0.2, 0.25) is 0 Å². The van der Waals surface area contributed by atoms with Gasteiger partial charge in [0, 0.05) is 50.2 Å². The number of nitrogens with two attached hydrogens (primary N) is 1. The maximum Gasteiger partial charge on any atom is 0.0946 e. The highest BCUT2D eigenvalue weighted by molar-refractivity contribution is 5.90. The summed E-state index contributed by atoms with van der Waals surface area (Å²) < 4.78 is 0. The molecule has 1 atom stereocenters. The minimum atomic E-state index is -0.0521. The number of hydrogen-bond donors (Lipinski definition) is 1. The fraction of sp³-hybridized carbons (Fsp3) is 0.294. The standard InChI is InChI=1S/C34H40N4/c1-7-25(3)32-21-28(11-13-31(32)27(5)20-26(4)29-10-8-9-24(2)19-29)23-36-34-22-30(12-14-33(34)35)38-17-15-37(6)16-18-38/h8-14,19-21,23,34H,1,5,15-18,22,35H2,2-4,6H3/b26-20+,36-23?. The van der Waals surface area contributed by atoms with E-state index in [0.29, 0.717) is 0 Å². The lowest BCUT2D eigenvalue weighted by molar-refractivity contribution is 0.181. The molecule has 2 N–H and O–H groups in total. The summed E-state index contributed by atoms with van der Waals surface area (Å²) in [5.74, 6) is 0. The molecule has 196 valence electrons. The Kier molecular flexibility index (Phi) is 8.68. The molecule has 1 saturated heterocycles. The minimum absolute atomic E-state index is 0.0521. The Morgan fingerprint density at radius 2 is 1.82 bits per heavy atom. The quantitative estimate of drug-likeness (QED) is 0.267. The smallest absolute Gasteiger partial charge is 0.0946 e. The van der Waals surface area contributed by atoms with Crippen LogP contribution in [-0.2, 0) is 0 Å². The Bertz CT molecular complexity index is 1370. The van der Waals surface area contributed by atoms with Gasteiger partial charge in [-0.1, -0.05) is 61.2 Å². The summed E-state index contributed by atoms with van der Waals surface area (Å²) in [6.45, 7) is 18.8. The Hall–Kier alpha value is -3.85. The van der Waals surface area contributed by atoms with Crippen molar-refractivity contribution in [2.45, 2.75) is 33.2 Å². The Balaban J connectivity index is 1.54. The van der Waals surface area contributed by atoms with Crippen LogP contribution >= 0.6 is 0 Å². The van der Waals surface area contributed by atoms with Gasteiger partial charge >= 0.3 is 0 Å². The van der Waals surface area contributed by atoms with Gasteiger partial charge in [-0.3, -0.25) is 4.99 Å². The summed E-state index contributed by atoms with van der Waals surface area (Å²) >= 11 is 0. The average Bonchev–Trinajstić information content (AvgIpc) is 2.92. The summed E-state index contributed by atoms with van der Waals surface area (Å²) in [6.07, 6.45) is 9.11. The highest BCUT2D eigenvalue weighted by Crippen LogP contribution is 2.29. The van der Waals surface area contributed by atoms with Crippen molar-refractivity contribution in [2.24, 2.45) is 10.7 Å². The maximum absolute atomic E-state index is 6.36. The molecular formula is C34H40N4. The van der Waals surface area contributed by atoms with Crippen LogP contribution in [0.25, 0.3) is 16.7 Å². The lowest BCUT2D eigenvalue weighted by atomic mass is 9.92.